The first-order valence-electron chi connectivity index (χ1n) is 7.12. The van der Waals surface area contributed by atoms with Crippen LogP contribution < -0.4 is 9.47 Å². The van der Waals surface area contributed by atoms with E-state index in [1.807, 2.05) is 0 Å². The largest absolute Gasteiger partial charge is 0.493 e. The summed E-state index contributed by atoms with van der Waals surface area (Å²) in [5, 5.41) is 0.982. The van der Waals surface area contributed by atoms with E-state index >= 15 is 0 Å². The fourth-order valence-corrected chi connectivity index (χ4v) is 3.00. The van der Waals surface area contributed by atoms with Crippen molar-refractivity contribution in [2.45, 2.75) is 6.61 Å². The molecule has 0 aromatic heterocycles. The molecule has 0 unspecified atom stereocenters. The molecular formula is C18H14Cl2O4. The van der Waals surface area contributed by atoms with Crippen LogP contribution in [0, 0.1) is 0 Å². The van der Waals surface area contributed by atoms with Crippen molar-refractivity contribution in [3.8, 4) is 11.5 Å². The number of carbonyl (C=O) groups is 1. The molecule has 0 aliphatic carbocycles. The van der Waals surface area contributed by atoms with Gasteiger partial charge in [0.1, 0.15) is 6.61 Å². The number of cyclic esters (lactones) is 1. The highest BCUT2D eigenvalue weighted by Gasteiger charge is 2.25. The third kappa shape index (κ3) is 3.07. The van der Waals surface area contributed by atoms with Gasteiger partial charge in [-0.1, -0.05) is 29.3 Å². The molecule has 124 valence electrons. The number of hydrogen-bond donors (Lipinski definition) is 0. The van der Waals surface area contributed by atoms with Crippen LogP contribution in [0.5, 0.6) is 11.5 Å². The predicted octanol–water partition coefficient (Wildman–Crippen LogP) is 4.61. The highest BCUT2D eigenvalue weighted by atomic mass is 35.5. The molecule has 2 aromatic carbocycles. The van der Waals surface area contributed by atoms with Gasteiger partial charge < -0.3 is 14.2 Å². The van der Waals surface area contributed by atoms with E-state index in [9.17, 15) is 4.79 Å². The molecule has 1 heterocycles. The molecule has 0 N–H and O–H groups in total. The van der Waals surface area contributed by atoms with Gasteiger partial charge in [-0.05, 0) is 41.5 Å². The van der Waals surface area contributed by atoms with Crippen molar-refractivity contribution in [3.63, 3.8) is 0 Å². The van der Waals surface area contributed by atoms with Crippen LogP contribution in [-0.2, 0) is 16.1 Å². The van der Waals surface area contributed by atoms with Crippen molar-refractivity contribution in [2.24, 2.45) is 0 Å². The summed E-state index contributed by atoms with van der Waals surface area (Å²) in [4.78, 5) is 12.3. The Bertz CT molecular complexity index is 843. The Labute approximate surface area is 149 Å². The zero-order valence-corrected chi connectivity index (χ0v) is 14.6. The lowest BCUT2D eigenvalue weighted by Gasteiger charge is -2.21. The van der Waals surface area contributed by atoms with E-state index in [2.05, 4.69) is 0 Å². The van der Waals surface area contributed by atoms with E-state index < -0.39 is 5.97 Å². The fourth-order valence-electron chi connectivity index (χ4n) is 2.53. The topological polar surface area (TPSA) is 44.8 Å². The van der Waals surface area contributed by atoms with Gasteiger partial charge in [0.05, 0.1) is 19.8 Å². The molecule has 2 aromatic rings. The van der Waals surface area contributed by atoms with E-state index in [1.54, 1.807) is 50.6 Å². The van der Waals surface area contributed by atoms with Gasteiger partial charge in [-0.2, -0.15) is 0 Å². The highest BCUT2D eigenvalue weighted by molar-refractivity contribution is 6.36. The minimum Gasteiger partial charge on any atom is -0.493 e. The van der Waals surface area contributed by atoms with Crippen molar-refractivity contribution in [1.29, 1.82) is 0 Å². The second-order valence-electron chi connectivity index (χ2n) is 5.16. The van der Waals surface area contributed by atoms with Crippen LogP contribution in [0.2, 0.25) is 10.0 Å². The van der Waals surface area contributed by atoms with Gasteiger partial charge in [0, 0.05) is 15.6 Å². The molecule has 24 heavy (non-hydrogen) atoms. The molecule has 0 saturated heterocycles. The number of benzene rings is 2. The van der Waals surface area contributed by atoms with E-state index in [0.717, 1.165) is 11.1 Å². The van der Waals surface area contributed by atoms with Gasteiger partial charge in [-0.15, -0.1) is 0 Å². The molecule has 0 saturated carbocycles. The lowest BCUT2D eigenvalue weighted by Crippen LogP contribution is -2.15. The Hall–Kier alpha value is -2.17. The number of fused-ring (bicyclic) bond motifs is 1. The predicted molar refractivity (Wildman–Crippen MR) is 93.7 cm³/mol. The molecule has 0 radical (unpaired) electrons. The number of esters is 1. The number of halogens is 2. The summed E-state index contributed by atoms with van der Waals surface area (Å²) in [5.41, 5.74) is 2.65. The van der Waals surface area contributed by atoms with Crippen molar-refractivity contribution < 1.29 is 19.0 Å². The van der Waals surface area contributed by atoms with Crippen LogP contribution in [0.4, 0.5) is 0 Å². The Balaban J connectivity index is 2.16. The molecule has 3 rings (SSSR count). The van der Waals surface area contributed by atoms with E-state index in [0.29, 0.717) is 32.7 Å². The summed E-state index contributed by atoms with van der Waals surface area (Å²) < 4.78 is 15.9. The molecule has 0 spiro atoms. The third-order valence-corrected chi connectivity index (χ3v) is 4.30. The smallest absolute Gasteiger partial charge is 0.339 e. The standard InChI is InChI=1S/C18H14Cl2O4/c1-22-16-6-11-9-24-18(21)14(13(11)8-17(16)23-2)5-10-3-4-12(19)7-15(10)20/h3-8H,9H2,1-2H3. The Morgan fingerprint density at radius 1 is 1.08 bits per heavy atom. The summed E-state index contributed by atoms with van der Waals surface area (Å²) in [7, 11) is 3.11. The van der Waals surface area contributed by atoms with Crippen LogP contribution in [0.1, 0.15) is 16.7 Å². The van der Waals surface area contributed by atoms with Crippen molar-refractivity contribution in [1.82, 2.24) is 0 Å². The van der Waals surface area contributed by atoms with E-state index in [-0.39, 0.29) is 6.61 Å². The molecule has 0 amide bonds. The Kier molecular flexibility index (Phi) is 4.69. The summed E-state index contributed by atoms with van der Waals surface area (Å²) in [6.07, 6.45) is 1.69. The third-order valence-electron chi connectivity index (χ3n) is 3.74. The summed E-state index contributed by atoms with van der Waals surface area (Å²) >= 11 is 12.1. The van der Waals surface area contributed by atoms with Gasteiger partial charge in [-0.3, -0.25) is 0 Å². The number of ether oxygens (including phenoxy) is 3. The molecule has 1 aliphatic heterocycles. The second-order valence-corrected chi connectivity index (χ2v) is 6.01. The first-order chi connectivity index (χ1) is 11.5. The monoisotopic (exact) mass is 364 g/mol. The van der Waals surface area contributed by atoms with Crippen LogP contribution in [-0.4, -0.2) is 20.2 Å². The van der Waals surface area contributed by atoms with E-state index in [4.69, 9.17) is 37.4 Å². The van der Waals surface area contributed by atoms with Crippen LogP contribution >= 0.6 is 23.2 Å². The maximum Gasteiger partial charge on any atom is 0.339 e. The van der Waals surface area contributed by atoms with Gasteiger partial charge >= 0.3 is 5.97 Å². The maximum atomic E-state index is 12.3. The normalized spacial score (nSPS) is 15.0. The number of carbonyl (C=O) groups excluding carboxylic acids is 1. The Morgan fingerprint density at radius 3 is 2.46 bits per heavy atom. The lowest BCUT2D eigenvalue weighted by atomic mass is 9.95. The van der Waals surface area contributed by atoms with E-state index in [1.165, 1.54) is 0 Å². The molecule has 0 fully saturated rings. The second kappa shape index (κ2) is 6.75. The number of hydrogen-bond acceptors (Lipinski definition) is 4. The summed E-state index contributed by atoms with van der Waals surface area (Å²) in [5.74, 6) is 0.706. The first-order valence-corrected chi connectivity index (χ1v) is 7.88. The zero-order valence-electron chi connectivity index (χ0n) is 13.1. The molecule has 4 nitrogen and oxygen atoms in total. The Morgan fingerprint density at radius 2 is 1.79 bits per heavy atom. The van der Waals surface area contributed by atoms with Crippen molar-refractivity contribution in [2.75, 3.05) is 14.2 Å². The minimum absolute atomic E-state index is 0.181. The zero-order chi connectivity index (χ0) is 17.3. The quantitative estimate of drug-likeness (QED) is 0.589. The van der Waals surface area contributed by atoms with Crippen LogP contribution in [0.25, 0.3) is 11.6 Å². The SMILES string of the molecule is COc1cc2c(cc1OC)C(=Cc1ccc(Cl)cc1Cl)C(=O)OC2. The molecule has 6 heteroatoms. The van der Waals surface area contributed by atoms with Gasteiger partial charge in [0.2, 0.25) is 0 Å². The first kappa shape index (κ1) is 16.7. The number of rotatable bonds is 3. The molecule has 0 atom stereocenters. The summed E-state index contributed by atoms with van der Waals surface area (Å²) in [6.45, 7) is 0.181. The van der Waals surface area contributed by atoms with Crippen molar-refractivity contribution >= 4 is 40.8 Å². The fraction of sp³-hybridized carbons (Fsp3) is 0.167. The average molecular weight is 365 g/mol. The van der Waals surface area contributed by atoms with Gasteiger partial charge in [-0.25, -0.2) is 4.79 Å². The van der Waals surface area contributed by atoms with Crippen LogP contribution in [0.15, 0.2) is 30.3 Å². The molecule has 1 aliphatic rings. The van der Waals surface area contributed by atoms with Crippen LogP contribution in [0.3, 0.4) is 0 Å². The molecular weight excluding hydrogens is 351 g/mol. The number of methoxy groups -OCH3 is 2. The average Bonchev–Trinajstić information content (AvgIpc) is 2.58. The van der Waals surface area contributed by atoms with Gasteiger partial charge in [0.15, 0.2) is 11.5 Å². The van der Waals surface area contributed by atoms with Gasteiger partial charge in [0.25, 0.3) is 0 Å². The minimum atomic E-state index is -0.416. The highest BCUT2D eigenvalue weighted by Crippen LogP contribution is 2.38. The maximum absolute atomic E-state index is 12.3. The summed E-state index contributed by atoms with van der Waals surface area (Å²) in [6, 6.07) is 8.66. The lowest BCUT2D eigenvalue weighted by molar-refractivity contribution is -0.138. The molecule has 0 bridgehead atoms. The van der Waals surface area contributed by atoms with Crippen molar-refractivity contribution in [3.05, 3.63) is 57.1 Å².